The van der Waals surface area contributed by atoms with Crippen molar-refractivity contribution in [1.29, 1.82) is 0 Å². The zero-order chi connectivity index (χ0) is 21.0. The number of benzene rings is 1. The van der Waals surface area contributed by atoms with Crippen LogP contribution < -0.4 is 4.90 Å². The molecule has 1 aliphatic heterocycles. The van der Waals surface area contributed by atoms with Gasteiger partial charge in [0.2, 0.25) is 0 Å². The van der Waals surface area contributed by atoms with Crippen LogP contribution in [0.2, 0.25) is 0 Å². The molecule has 0 atom stereocenters. The Balaban J connectivity index is 1.51. The number of anilines is 1. The minimum Gasteiger partial charge on any atom is -0.378 e. The lowest BCUT2D eigenvalue weighted by molar-refractivity contribution is 0.123. The summed E-state index contributed by atoms with van der Waals surface area (Å²) in [6, 6.07) is 14.1. The third kappa shape index (κ3) is 4.29. The molecule has 0 spiro atoms. The van der Waals surface area contributed by atoms with Gasteiger partial charge < -0.3 is 9.64 Å². The van der Waals surface area contributed by atoms with E-state index in [1.165, 1.54) is 5.56 Å². The Morgan fingerprint density at radius 3 is 2.81 bits per heavy atom. The molecule has 1 saturated heterocycles. The minimum atomic E-state index is 0.513. The van der Waals surface area contributed by atoms with Crippen LogP contribution in [0.3, 0.4) is 0 Å². The van der Waals surface area contributed by atoms with E-state index in [1.54, 1.807) is 16.9 Å². The molecule has 1 aliphatic rings. The van der Waals surface area contributed by atoms with E-state index in [1.807, 2.05) is 30.5 Å². The van der Waals surface area contributed by atoms with Crippen LogP contribution in [0.15, 0.2) is 71.3 Å². The third-order valence-electron chi connectivity index (χ3n) is 5.21. The summed E-state index contributed by atoms with van der Waals surface area (Å²) in [5.74, 6) is 0.553. The summed E-state index contributed by atoms with van der Waals surface area (Å²) in [5.41, 5.74) is 5.88. The topological polar surface area (TPSA) is 80.3 Å². The number of imidazole rings is 1. The summed E-state index contributed by atoms with van der Waals surface area (Å²) in [5, 5.41) is 13.4. The second-order valence-electron chi connectivity index (χ2n) is 7.51. The number of aromatic nitrogens is 4. The van der Waals surface area contributed by atoms with Gasteiger partial charge in [0.05, 0.1) is 37.3 Å². The number of azo groups is 1. The summed E-state index contributed by atoms with van der Waals surface area (Å²) >= 11 is 0. The summed E-state index contributed by atoms with van der Waals surface area (Å²) in [4.78, 5) is 11.3. The monoisotopic (exact) mass is 413 g/mol. The standard InChI is InChI=1S/C23H23N7O/c1-17-4-2-5-18(12-17)14-25-27-22-13-21(29-8-10-31-11-9-29)23-26-20(16-30(23)28-22)19-6-3-7-24-15-19/h2-7,12-13,15-16H,8-11,14H2,1H3. The first-order chi connectivity index (χ1) is 15.3. The fraction of sp³-hybridized carbons (Fsp3) is 0.261. The largest absolute Gasteiger partial charge is 0.378 e. The Kier molecular flexibility index (Phi) is 5.37. The Hall–Kier alpha value is -3.65. The minimum absolute atomic E-state index is 0.513. The highest BCUT2D eigenvalue weighted by atomic mass is 16.5. The highest BCUT2D eigenvalue weighted by Crippen LogP contribution is 2.28. The maximum atomic E-state index is 5.53. The summed E-state index contributed by atoms with van der Waals surface area (Å²) < 4.78 is 7.31. The smallest absolute Gasteiger partial charge is 0.196 e. The number of aryl methyl sites for hydroxylation is 1. The first kappa shape index (κ1) is 19.3. The molecule has 1 aromatic carbocycles. The number of nitrogens with zero attached hydrogens (tertiary/aromatic N) is 7. The molecule has 156 valence electrons. The van der Waals surface area contributed by atoms with Crippen molar-refractivity contribution in [1.82, 2.24) is 19.6 Å². The summed E-state index contributed by atoms with van der Waals surface area (Å²) in [7, 11) is 0. The predicted octanol–water partition coefficient (Wildman–Crippen LogP) is 4.22. The van der Waals surface area contributed by atoms with E-state index in [9.17, 15) is 0 Å². The van der Waals surface area contributed by atoms with Crippen molar-refractivity contribution in [2.75, 3.05) is 31.2 Å². The van der Waals surface area contributed by atoms with Gasteiger partial charge in [0.1, 0.15) is 0 Å². The van der Waals surface area contributed by atoms with Crippen molar-refractivity contribution in [2.45, 2.75) is 13.5 Å². The molecule has 8 heteroatoms. The van der Waals surface area contributed by atoms with Crippen molar-refractivity contribution >= 4 is 17.2 Å². The predicted molar refractivity (Wildman–Crippen MR) is 119 cm³/mol. The van der Waals surface area contributed by atoms with Gasteiger partial charge in [-0.05, 0) is 24.6 Å². The molecular formula is C23H23N7O. The van der Waals surface area contributed by atoms with Gasteiger partial charge >= 0.3 is 0 Å². The lowest BCUT2D eigenvalue weighted by Crippen LogP contribution is -2.36. The van der Waals surface area contributed by atoms with Crippen molar-refractivity contribution in [2.24, 2.45) is 10.2 Å². The van der Waals surface area contributed by atoms with Gasteiger partial charge in [-0.25, -0.2) is 9.50 Å². The molecule has 0 unspecified atom stereocenters. The molecule has 0 aliphatic carbocycles. The highest BCUT2D eigenvalue weighted by Gasteiger charge is 2.19. The third-order valence-corrected chi connectivity index (χ3v) is 5.21. The second-order valence-corrected chi connectivity index (χ2v) is 7.51. The van der Waals surface area contributed by atoms with Crippen LogP contribution in [-0.2, 0) is 11.3 Å². The fourth-order valence-corrected chi connectivity index (χ4v) is 3.69. The Bertz CT molecular complexity index is 1210. The van der Waals surface area contributed by atoms with Crippen LogP contribution in [-0.4, -0.2) is 45.9 Å². The quantitative estimate of drug-likeness (QED) is 0.458. The first-order valence-corrected chi connectivity index (χ1v) is 10.3. The normalized spacial score (nSPS) is 14.5. The average molecular weight is 413 g/mol. The van der Waals surface area contributed by atoms with Crippen LogP contribution >= 0.6 is 0 Å². The molecular weight excluding hydrogens is 390 g/mol. The zero-order valence-electron chi connectivity index (χ0n) is 17.3. The summed E-state index contributed by atoms with van der Waals surface area (Å²) in [6.07, 6.45) is 5.47. The molecule has 0 saturated carbocycles. The van der Waals surface area contributed by atoms with E-state index in [0.29, 0.717) is 25.6 Å². The van der Waals surface area contributed by atoms with Gasteiger partial charge in [0, 0.05) is 37.1 Å². The molecule has 5 rings (SSSR count). The van der Waals surface area contributed by atoms with Gasteiger partial charge in [-0.1, -0.05) is 29.8 Å². The second kappa shape index (κ2) is 8.61. The Morgan fingerprint density at radius 1 is 1.10 bits per heavy atom. The molecule has 0 N–H and O–H groups in total. The van der Waals surface area contributed by atoms with Gasteiger partial charge in [-0.15, -0.1) is 10.2 Å². The molecule has 8 nitrogen and oxygen atoms in total. The van der Waals surface area contributed by atoms with E-state index in [2.05, 4.69) is 50.3 Å². The summed E-state index contributed by atoms with van der Waals surface area (Å²) in [6.45, 7) is 5.57. The molecule has 0 radical (unpaired) electrons. The Labute approximate surface area is 180 Å². The van der Waals surface area contributed by atoms with Gasteiger partial charge in [0.25, 0.3) is 0 Å². The van der Waals surface area contributed by atoms with Gasteiger partial charge in [-0.3, -0.25) is 4.98 Å². The molecule has 0 bridgehead atoms. The van der Waals surface area contributed by atoms with Crippen LogP contribution in [0.5, 0.6) is 0 Å². The number of rotatable bonds is 5. The lowest BCUT2D eigenvalue weighted by atomic mass is 10.1. The maximum Gasteiger partial charge on any atom is 0.196 e. The Morgan fingerprint density at radius 2 is 2.00 bits per heavy atom. The van der Waals surface area contributed by atoms with Gasteiger partial charge in [-0.2, -0.15) is 5.11 Å². The van der Waals surface area contributed by atoms with Crippen molar-refractivity contribution < 1.29 is 4.74 Å². The van der Waals surface area contributed by atoms with E-state index in [-0.39, 0.29) is 0 Å². The maximum absolute atomic E-state index is 5.53. The van der Waals surface area contributed by atoms with Crippen molar-refractivity contribution in [3.8, 4) is 11.3 Å². The van der Waals surface area contributed by atoms with Gasteiger partial charge in [0.15, 0.2) is 11.5 Å². The molecule has 3 aromatic heterocycles. The molecule has 4 aromatic rings. The molecule has 0 amide bonds. The van der Waals surface area contributed by atoms with E-state index in [4.69, 9.17) is 9.72 Å². The molecule has 1 fully saturated rings. The van der Waals surface area contributed by atoms with Crippen molar-refractivity contribution in [3.63, 3.8) is 0 Å². The number of morpholine rings is 1. The van der Waals surface area contributed by atoms with Crippen LogP contribution in [0.4, 0.5) is 11.5 Å². The molecule has 4 heterocycles. The number of pyridine rings is 1. The average Bonchev–Trinajstić information content (AvgIpc) is 3.24. The molecule has 31 heavy (non-hydrogen) atoms. The number of ether oxygens (including phenoxy) is 1. The van der Waals surface area contributed by atoms with Crippen LogP contribution in [0, 0.1) is 6.92 Å². The zero-order valence-corrected chi connectivity index (χ0v) is 17.3. The first-order valence-electron chi connectivity index (χ1n) is 10.3. The fourth-order valence-electron chi connectivity index (χ4n) is 3.69. The SMILES string of the molecule is Cc1cccc(CN=Nc2cc(N3CCOCC3)c3nc(-c4cccnc4)cn3n2)c1. The van der Waals surface area contributed by atoms with Crippen LogP contribution in [0.25, 0.3) is 16.9 Å². The van der Waals surface area contributed by atoms with Crippen LogP contribution in [0.1, 0.15) is 11.1 Å². The van der Waals surface area contributed by atoms with E-state index < -0.39 is 0 Å². The van der Waals surface area contributed by atoms with Crippen molar-refractivity contribution in [3.05, 3.63) is 72.2 Å². The lowest BCUT2D eigenvalue weighted by Gasteiger charge is -2.28. The number of fused-ring (bicyclic) bond motifs is 1. The van der Waals surface area contributed by atoms with E-state index in [0.717, 1.165) is 41.2 Å². The van der Waals surface area contributed by atoms with E-state index >= 15 is 0 Å². The number of hydrogen-bond donors (Lipinski definition) is 0. The highest BCUT2D eigenvalue weighted by molar-refractivity contribution is 5.74. The number of hydrogen-bond acceptors (Lipinski definition) is 7.